The Morgan fingerprint density at radius 3 is 2.67 bits per heavy atom. The van der Waals surface area contributed by atoms with Crippen LogP contribution in [0, 0.1) is 11.8 Å². The molecule has 0 radical (unpaired) electrons. The highest BCUT2D eigenvalue weighted by Gasteiger charge is 2.27. The lowest BCUT2D eigenvalue weighted by molar-refractivity contribution is 0.327. The molecule has 1 nitrogen and oxygen atoms in total. The van der Waals surface area contributed by atoms with Crippen molar-refractivity contribution >= 4 is 11.8 Å². The fraction of sp³-hybridized carbons (Fsp3) is 1.00. The Morgan fingerprint density at radius 1 is 1.33 bits per heavy atom. The highest BCUT2D eigenvalue weighted by atomic mass is 32.2. The molecule has 0 aromatic carbocycles. The van der Waals surface area contributed by atoms with Crippen LogP contribution in [0.2, 0.25) is 0 Å². The van der Waals surface area contributed by atoms with Crippen LogP contribution >= 0.6 is 11.8 Å². The molecular weight excluding hydrogens is 202 g/mol. The third-order valence-corrected chi connectivity index (χ3v) is 5.55. The smallest absolute Gasteiger partial charge is 0.0201 e. The number of thioether (sulfide) groups is 1. The first-order valence-corrected chi connectivity index (χ1v) is 7.59. The summed E-state index contributed by atoms with van der Waals surface area (Å²) in [5.74, 6) is 3.09. The van der Waals surface area contributed by atoms with Crippen molar-refractivity contribution in [2.75, 3.05) is 5.75 Å². The number of nitrogens with two attached hydrogens (primary N) is 1. The second kappa shape index (κ2) is 6.80. The maximum Gasteiger partial charge on any atom is 0.0201 e. The average molecular weight is 229 g/mol. The van der Waals surface area contributed by atoms with Gasteiger partial charge in [-0.3, -0.25) is 0 Å². The van der Waals surface area contributed by atoms with Gasteiger partial charge in [-0.05, 0) is 36.9 Å². The van der Waals surface area contributed by atoms with Gasteiger partial charge in [0.25, 0.3) is 0 Å². The van der Waals surface area contributed by atoms with Crippen molar-refractivity contribution in [1.82, 2.24) is 0 Å². The van der Waals surface area contributed by atoms with Gasteiger partial charge < -0.3 is 5.73 Å². The molecule has 2 N–H and O–H groups in total. The molecule has 0 aromatic rings. The number of rotatable bonds is 5. The van der Waals surface area contributed by atoms with Crippen LogP contribution in [0.3, 0.4) is 0 Å². The van der Waals surface area contributed by atoms with Crippen molar-refractivity contribution in [1.29, 1.82) is 0 Å². The zero-order valence-electron chi connectivity index (χ0n) is 10.5. The molecule has 0 spiro atoms. The van der Waals surface area contributed by atoms with Crippen LogP contribution in [0.5, 0.6) is 0 Å². The second-order valence-electron chi connectivity index (χ2n) is 5.14. The minimum absolute atomic E-state index is 0.460. The largest absolute Gasteiger partial charge is 0.327 e. The molecule has 0 aromatic heterocycles. The van der Waals surface area contributed by atoms with E-state index < -0.39 is 0 Å². The Labute approximate surface area is 99.6 Å². The van der Waals surface area contributed by atoms with Gasteiger partial charge in [0.1, 0.15) is 0 Å². The van der Waals surface area contributed by atoms with E-state index in [-0.39, 0.29) is 0 Å². The van der Waals surface area contributed by atoms with Crippen LogP contribution in [-0.4, -0.2) is 17.0 Å². The molecule has 1 saturated carbocycles. The normalized spacial score (nSPS) is 34.0. The van der Waals surface area contributed by atoms with E-state index in [4.69, 9.17) is 5.73 Å². The molecule has 15 heavy (non-hydrogen) atoms. The van der Waals surface area contributed by atoms with Crippen molar-refractivity contribution in [3.63, 3.8) is 0 Å². The fourth-order valence-electron chi connectivity index (χ4n) is 2.20. The lowest BCUT2D eigenvalue weighted by Gasteiger charge is -2.33. The van der Waals surface area contributed by atoms with Crippen LogP contribution < -0.4 is 5.73 Å². The van der Waals surface area contributed by atoms with Gasteiger partial charge in [-0.1, -0.05) is 33.6 Å². The van der Waals surface area contributed by atoms with Crippen LogP contribution in [0.1, 0.15) is 52.9 Å². The number of hydrogen-bond acceptors (Lipinski definition) is 2. The lowest BCUT2D eigenvalue weighted by Crippen LogP contribution is -2.38. The molecule has 1 fully saturated rings. The van der Waals surface area contributed by atoms with E-state index in [1.165, 1.54) is 37.9 Å². The Kier molecular flexibility index (Phi) is 6.06. The molecular formula is C13H27NS. The predicted molar refractivity (Wildman–Crippen MR) is 71.3 cm³/mol. The van der Waals surface area contributed by atoms with E-state index in [9.17, 15) is 0 Å². The summed E-state index contributed by atoms with van der Waals surface area (Å²) in [6.07, 6.45) is 6.60. The lowest BCUT2D eigenvalue weighted by atomic mass is 9.84. The first kappa shape index (κ1) is 13.4. The molecule has 1 aliphatic carbocycles. The SMILES string of the molecule is CCC(C)CSC1CC(CC)CCC1N. The molecule has 1 rings (SSSR count). The van der Waals surface area contributed by atoms with E-state index in [1.807, 2.05) is 0 Å². The van der Waals surface area contributed by atoms with E-state index in [0.717, 1.165) is 17.1 Å². The van der Waals surface area contributed by atoms with E-state index in [1.54, 1.807) is 0 Å². The van der Waals surface area contributed by atoms with Gasteiger partial charge in [-0.15, -0.1) is 0 Å². The second-order valence-corrected chi connectivity index (χ2v) is 6.41. The van der Waals surface area contributed by atoms with Gasteiger partial charge in [-0.2, -0.15) is 11.8 Å². The third kappa shape index (κ3) is 4.36. The molecule has 1 aliphatic rings. The Morgan fingerprint density at radius 2 is 2.07 bits per heavy atom. The number of hydrogen-bond donors (Lipinski definition) is 1. The predicted octanol–water partition coefficient (Wildman–Crippen LogP) is 3.67. The summed E-state index contributed by atoms with van der Waals surface area (Å²) in [4.78, 5) is 0. The van der Waals surface area contributed by atoms with Gasteiger partial charge in [0.2, 0.25) is 0 Å². The standard InChI is InChI=1S/C13H27NS/c1-4-10(3)9-15-13-8-11(5-2)6-7-12(13)14/h10-13H,4-9,14H2,1-3H3. The first-order valence-electron chi connectivity index (χ1n) is 6.54. The quantitative estimate of drug-likeness (QED) is 0.778. The molecule has 0 saturated heterocycles. The molecule has 0 aliphatic heterocycles. The van der Waals surface area contributed by atoms with E-state index in [0.29, 0.717) is 6.04 Å². The van der Waals surface area contributed by atoms with Crippen molar-refractivity contribution in [3.05, 3.63) is 0 Å². The van der Waals surface area contributed by atoms with E-state index >= 15 is 0 Å². The van der Waals surface area contributed by atoms with Gasteiger partial charge in [-0.25, -0.2) is 0 Å². The molecule has 4 atom stereocenters. The maximum absolute atomic E-state index is 6.20. The highest BCUT2D eigenvalue weighted by Crippen LogP contribution is 2.34. The van der Waals surface area contributed by atoms with Gasteiger partial charge in [0, 0.05) is 11.3 Å². The van der Waals surface area contributed by atoms with Crippen molar-refractivity contribution < 1.29 is 0 Å². The van der Waals surface area contributed by atoms with Crippen molar-refractivity contribution in [2.45, 2.75) is 64.2 Å². The van der Waals surface area contributed by atoms with Gasteiger partial charge in [0.05, 0.1) is 0 Å². The van der Waals surface area contributed by atoms with Gasteiger partial charge >= 0.3 is 0 Å². The third-order valence-electron chi connectivity index (χ3n) is 3.82. The topological polar surface area (TPSA) is 26.0 Å². The Bertz CT molecular complexity index is 172. The zero-order valence-corrected chi connectivity index (χ0v) is 11.4. The van der Waals surface area contributed by atoms with Crippen LogP contribution in [-0.2, 0) is 0 Å². The zero-order chi connectivity index (χ0) is 11.3. The Hall–Kier alpha value is 0.310. The van der Waals surface area contributed by atoms with Crippen LogP contribution in [0.15, 0.2) is 0 Å². The molecule has 90 valence electrons. The molecule has 4 unspecified atom stereocenters. The molecule has 0 bridgehead atoms. The van der Waals surface area contributed by atoms with Crippen molar-refractivity contribution in [2.24, 2.45) is 17.6 Å². The summed E-state index contributed by atoms with van der Waals surface area (Å²) >= 11 is 2.13. The fourth-order valence-corrected chi connectivity index (χ4v) is 3.81. The minimum atomic E-state index is 0.460. The average Bonchev–Trinajstić information content (AvgIpc) is 2.27. The van der Waals surface area contributed by atoms with E-state index in [2.05, 4.69) is 32.5 Å². The van der Waals surface area contributed by atoms with Crippen molar-refractivity contribution in [3.8, 4) is 0 Å². The summed E-state index contributed by atoms with van der Waals surface area (Å²) in [6, 6.07) is 0.460. The summed E-state index contributed by atoms with van der Waals surface area (Å²) in [5.41, 5.74) is 6.20. The van der Waals surface area contributed by atoms with Crippen LogP contribution in [0.4, 0.5) is 0 Å². The summed E-state index contributed by atoms with van der Waals surface area (Å²) in [6.45, 7) is 6.94. The highest BCUT2D eigenvalue weighted by molar-refractivity contribution is 7.99. The maximum atomic E-state index is 6.20. The molecule has 0 heterocycles. The minimum Gasteiger partial charge on any atom is -0.327 e. The van der Waals surface area contributed by atoms with Crippen LogP contribution in [0.25, 0.3) is 0 Å². The summed E-state index contributed by atoms with van der Waals surface area (Å²) < 4.78 is 0. The molecule has 0 amide bonds. The monoisotopic (exact) mass is 229 g/mol. The molecule has 2 heteroatoms. The van der Waals surface area contributed by atoms with Gasteiger partial charge in [0.15, 0.2) is 0 Å². The Balaban J connectivity index is 2.31. The first-order chi connectivity index (χ1) is 7.17. The summed E-state index contributed by atoms with van der Waals surface area (Å²) in [5, 5.41) is 0.734. The summed E-state index contributed by atoms with van der Waals surface area (Å²) in [7, 11) is 0.